The van der Waals surface area contributed by atoms with Crippen molar-refractivity contribution in [2.75, 3.05) is 48.9 Å². The van der Waals surface area contributed by atoms with Gasteiger partial charge in [0, 0.05) is 56.4 Å². The molecule has 2 aromatic heterocycles. The maximum atomic E-state index is 8.36. The molecule has 1 atom stereocenters. The number of nitrogens with zero attached hydrogens (tertiary/aromatic N) is 5. The summed E-state index contributed by atoms with van der Waals surface area (Å²) in [7, 11) is 1.63. The van der Waals surface area contributed by atoms with Crippen LogP contribution in [0.3, 0.4) is 0 Å². The lowest BCUT2D eigenvalue weighted by Crippen LogP contribution is -2.38. The number of rotatable bonds is 7. The normalized spacial score (nSPS) is 17.2. The second-order valence-electron chi connectivity index (χ2n) is 8.54. The summed E-state index contributed by atoms with van der Waals surface area (Å²) in [5.74, 6) is 1.54. The molecule has 33 heavy (non-hydrogen) atoms. The van der Waals surface area contributed by atoms with Crippen molar-refractivity contribution >= 4 is 22.4 Å². The fourth-order valence-corrected chi connectivity index (χ4v) is 4.99. The predicted molar refractivity (Wildman–Crippen MR) is 130 cm³/mol. The average molecular weight is 449 g/mol. The molecule has 2 aliphatic heterocycles. The van der Waals surface area contributed by atoms with E-state index in [4.69, 9.17) is 15.1 Å². The molecule has 0 saturated heterocycles. The van der Waals surface area contributed by atoms with E-state index in [9.17, 15) is 0 Å². The van der Waals surface area contributed by atoms with Gasteiger partial charge in [0.25, 0.3) is 0 Å². The summed E-state index contributed by atoms with van der Waals surface area (Å²) in [6.45, 7) is 9.30. The van der Waals surface area contributed by atoms with Gasteiger partial charge in [-0.15, -0.1) is 0 Å². The summed E-state index contributed by atoms with van der Waals surface area (Å²) in [6.07, 6.45) is 3.91. The summed E-state index contributed by atoms with van der Waals surface area (Å²) in [4.78, 5) is 14.0. The van der Waals surface area contributed by atoms with Crippen LogP contribution in [0.15, 0.2) is 30.5 Å². The number of ether oxygens (including phenoxy) is 1. The number of benzene rings is 1. The Balaban J connectivity index is 1.28. The van der Waals surface area contributed by atoms with Crippen LogP contribution in [0, 0.1) is 5.41 Å². The van der Waals surface area contributed by atoms with Crippen LogP contribution in [0.25, 0.3) is 10.9 Å². The summed E-state index contributed by atoms with van der Waals surface area (Å²) >= 11 is 0. The highest BCUT2D eigenvalue weighted by Gasteiger charge is 2.26. The van der Waals surface area contributed by atoms with Gasteiger partial charge in [0.2, 0.25) is 5.62 Å². The molecule has 5 rings (SSSR count). The number of fused-ring (bicyclic) bond motifs is 4. The van der Waals surface area contributed by atoms with Crippen molar-refractivity contribution in [3.05, 3.63) is 47.3 Å². The van der Waals surface area contributed by atoms with Crippen molar-refractivity contribution in [3.8, 4) is 5.75 Å². The Kier molecular flexibility index (Phi) is 5.80. The van der Waals surface area contributed by atoms with Gasteiger partial charge < -0.3 is 15.0 Å². The Morgan fingerprint density at radius 2 is 2.09 bits per heavy atom. The molecule has 9 heteroatoms. The Morgan fingerprint density at radius 1 is 1.24 bits per heavy atom. The van der Waals surface area contributed by atoms with Gasteiger partial charge in [0.15, 0.2) is 0 Å². The van der Waals surface area contributed by atoms with Gasteiger partial charge in [-0.3, -0.25) is 20.7 Å². The number of aromatic nitrogens is 3. The van der Waals surface area contributed by atoms with E-state index in [0.717, 1.165) is 56.8 Å². The van der Waals surface area contributed by atoms with Crippen molar-refractivity contribution in [2.45, 2.75) is 39.4 Å². The number of pyridine rings is 1. The molecule has 0 amide bonds. The summed E-state index contributed by atoms with van der Waals surface area (Å²) < 4.78 is 7.18. The molecule has 0 aliphatic carbocycles. The number of nitrogens with one attached hydrogen (secondary N) is 3. The van der Waals surface area contributed by atoms with Crippen LogP contribution in [0.5, 0.6) is 5.75 Å². The number of hydrogen-bond donors (Lipinski definition) is 3. The first-order valence-electron chi connectivity index (χ1n) is 11.7. The minimum atomic E-state index is 0.0315. The maximum Gasteiger partial charge on any atom is 0.243 e. The molecule has 3 N–H and O–H groups in total. The van der Waals surface area contributed by atoms with Crippen LogP contribution in [0.4, 0.5) is 11.5 Å². The third-order valence-electron chi connectivity index (χ3n) is 6.73. The zero-order valence-corrected chi connectivity index (χ0v) is 19.6. The largest absolute Gasteiger partial charge is 0.494 e. The third-order valence-corrected chi connectivity index (χ3v) is 6.73. The molecular formula is C24H32N8O. The van der Waals surface area contributed by atoms with E-state index in [1.807, 2.05) is 24.4 Å². The molecule has 1 aromatic carbocycles. The van der Waals surface area contributed by atoms with Crippen molar-refractivity contribution < 1.29 is 4.74 Å². The molecule has 9 nitrogen and oxygen atoms in total. The van der Waals surface area contributed by atoms with E-state index in [1.54, 1.807) is 11.8 Å². The molecule has 3 aromatic rings. The highest BCUT2D eigenvalue weighted by Crippen LogP contribution is 2.30. The standard InChI is InChI=1S/C24H32N8O/c1-4-31(5-2)19-9-12-26-18-15-30(13-10-16(18)19)14-11-21-27-23-17-7-6-8-20(33-3)22(17)28-24(25)32(23)29-21/h6-9,12,21,25,27,29H,4-5,10-11,13-15H2,1-3H3. The Labute approximate surface area is 193 Å². The lowest BCUT2D eigenvalue weighted by molar-refractivity contribution is 0.244. The molecule has 2 aliphatic rings. The van der Waals surface area contributed by atoms with Crippen LogP contribution < -0.4 is 26.0 Å². The average Bonchev–Trinajstić information content (AvgIpc) is 3.28. The lowest BCUT2D eigenvalue weighted by atomic mass is 10.0. The van der Waals surface area contributed by atoms with Crippen LogP contribution in [0.2, 0.25) is 0 Å². The van der Waals surface area contributed by atoms with Crippen molar-refractivity contribution in [3.63, 3.8) is 0 Å². The van der Waals surface area contributed by atoms with Crippen molar-refractivity contribution in [2.24, 2.45) is 0 Å². The van der Waals surface area contributed by atoms with E-state index in [-0.39, 0.29) is 11.8 Å². The van der Waals surface area contributed by atoms with Gasteiger partial charge in [-0.25, -0.2) is 9.66 Å². The first-order chi connectivity index (χ1) is 16.1. The molecular weight excluding hydrogens is 416 g/mol. The van der Waals surface area contributed by atoms with Gasteiger partial charge in [-0.1, -0.05) is 6.07 Å². The number of hydrogen-bond acceptors (Lipinski definition) is 8. The SMILES string of the molecule is CCN(CC)c1ccnc2c1CCN(CCC1Nc3c4cccc(OC)c4nc(=N)n3N1)C2. The first kappa shape index (κ1) is 21.5. The monoisotopic (exact) mass is 448 g/mol. The second kappa shape index (κ2) is 8.90. The minimum Gasteiger partial charge on any atom is -0.494 e. The fraction of sp³-hybridized carbons (Fsp3) is 0.458. The Hall–Kier alpha value is -3.33. The molecule has 0 fully saturated rings. The highest BCUT2D eigenvalue weighted by atomic mass is 16.5. The molecule has 174 valence electrons. The Bertz CT molecular complexity index is 1220. The van der Waals surface area contributed by atoms with E-state index < -0.39 is 0 Å². The number of para-hydroxylation sites is 1. The summed E-state index contributed by atoms with van der Waals surface area (Å²) in [5, 5.41) is 12.9. The minimum absolute atomic E-state index is 0.0315. The van der Waals surface area contributed by atoms with E-state index in [0.29, 0.717) is 11.3 Å². The van der Waals surface area contributed by atoms with Gasteiger partial charge in [-0.05, 0) is 44.0 Å². The van der Waals surface area contributed by atoms with Crippen LogP contribution in [0.1, 0.15) is 31.5 Å². The zero-order chi connectivity index (χ0) is 22.9. The molecule has 0 radical (unpaired) electrons. The quantitative estimate of drug-likeness (QED) is 0.511. The molecule has 0 spiro atoms. The second-order valence-corrected chi connectivity index (χ2v) is 8.54. The molecule has 4 heterocycles. The third kappa shape index (κ3) is 3.86. The van der Waals surface area contributed by atoms with Gasteiger partial charge in [-0.2, -0.15) is 0 Å². The molecule has 0 saturated carbocycles. The van der Waals surface area contributed by atoms with Crippen LogP contribution in [-0.4, -0.2) is 59.0 Å². The van der Waals surface area contributed by atoms with Gasteiger partial charge in [0.1, 0.15) is 23.2 Å². The van der Waals surface area contributed by atoms with Crippen molar-refractivity contribution in [1.82, 2.24) is 19.5 Å². The van der Waals surface area contributed by atoms with Gasteiger partial charge in [0.05, 0.1) is 12.8 Å². The van der Waals surface area contributed by atoms with E-state index in [2.05, 4.69) is 45.4 Å². The topological polar surface area (TPSA) is 94.3 Å². The summed E-state index contributed by atoms with van der Waals surface area (Å²) in [5.41, 5.74) is 8.21. The van der Waals surface area contributed by atoms with Crippen LogP contribution in [-0.2, 0) is 13.0 Å². The summed E-state index contributed by atoms with van der Waals surface area (Å²) in [6, 6.07) is 7.99. The molecule has 0 bridgehead atoms. The zero-order valence-electron chi connectivity index (χ0n) is 19.6. The van der Waals surface area contributed by atoms with Crippen molar-refractivity contribution in [1.29, 1.82) is 5.41 Å². The lowest BCUT2D eigenvalue weighted by Gasteiger charge is -2.32. The first-order valence-corrected chi connectivity index (χ1v) is 11.7. The van der Waals surface area contributed by atoms with E-state index >= 15 is 0 Å². The Morgan fingerprint density at radius 3 is 2.88 bits per heavy atom. The van der Waals surface area contributed by atoms with Gasteiger partial charge >= 0.3 is 0 Å². The number of methoxy groups -OCH3 is 1. The number of anilines is 2. The highest BCUT2D eigenvalue weighted by molar-refractivity contribution is 5.93. The van der Waals surface area contributed by atoms with Crippen LogP contribution >= 0.6 is 0 Å². The molecule has 1 unspecified atom stereocenters. The van der Waals surface area contributed by atoms with E-state index in [1.165, 1.54) is 16.9 Å². The fourth-order valence-electron chi connectivity index (χ4n) is 4.99. The smallest absolute Gasteiger partial charge is 0.243 e. The maximum absolute atomic E-state index is 8.36. The predicted octanol–water partition coefficient (Wildman–Crippen LogP) is 2.51.